The fourth-order valence-corrected chi connectivity index (χ4v) is 2.73. The SMILES string of the molecule is CN=C(NCCCOC1CCOC1)NCCc1cccc(C(=O)NC)c1.I. The minimum Gasteiger partial charge on any atom is -0.379 e. The normalized spacial score (nSPS) is 16.5. The number of benzene rings is 1. The van der Waals surface area contributed by atoms with Gasteiger partial charge in [0.25, 0.3) is 5.91 Å². The maximum atomic E-state index is 11.7. The molecule has 7 nitrogen and oxygen atoms in total. The van der Waals surface area contributed by atoms with Gasteiger partial charge in [-0.15, -0.1) is 24.0 Å². The van der Waals surface area contributed by atoms with Crippen molar-refractivity contribution in [3.05, 3.63) is 35.4 Å². The molecule has 0 bridgehead atoms. The Morgan fingerprint density at radius 2 is 2.15 bits per heavy atom. The van der Waals surface area contributed by atoms with E-state index in [4.69, 9.17) is 9.47 Å². The molecule has 1 fully saturated rings. The molecule has 1 atom stereocenters. The molecule has 1 aliphatic rings. The molecule has 1 heterocycles. The number of ether oxygens (including phenoxy) is 2. The number of nitrogens with one attached hydrogen (secondary N) is 3. The molecule has 27 heavy (non-hydrogen) atoms. The van der Waals surface area contributed by atoms with E-state index in [9.17, 15) is 4.79 Å². The number of guanidine groups is 1. The Bertz CT molecular complexity index is 592. The summed E-state index contributed by atoms with van der Waals surface area (Å²) in [5.41, 5.74) is 1.79. The van der Waals surface area contributed by atoms with Gasteiger partial charge >= 0.3 is 0 Å². The molecule has 0 aliphatic carbocycles. The minimum atomic E-state index is -0.0660. The smallest absolute Gasteiger partial charge is 0.251 e. The van der Waals surface area contributed by atoms with Crippen molar-refractivity contribution in [2.24, 2.45) is 4.99 Å². The maximum Gasteiger partial charge on any atom is 0.251 e. The molecule has 0 spiro atoms. The van der Waals surface area contributed by atoms with Crippen LogP contribution >= 0.6 is 24.0 Å². The van der Waals surface area contributed by atoms with Gasteiger partial charge in [-0.3, -0.25) is 9.79 Å². The first-order valence-electron chi connectivity index (χ1n) is 9.18. The van der Waals surface area contributed by atoms with E-state index >= 15 is 0 Å². The first-order valence-corrected chi connectivity index (χ1v) is 9.18. The predicted octanol–water partition coefficient (Wildman–Crippen LogP) is 1.57. The van der Waals surface area contributed by atoms with E-state index in [-0.39, 0.29) is 36.0 Å². The Balaban J connectivity index is 0.00000364. The number of carbonyl (C=O) groups excluding carboxylic acids is 1. The van der Waals surface area contributed by atoms with Crippen LogP contribution in [-0.4, -0.2) is 65.0 Å². The third-order valence-corrected chi connectivity index (χ3v) is 4.20. The summed E-state index contributed by atoms with van der Waals surface area (Å²) in [4.78, 5) is 15.9. The highest BCUT2D eigenvalue weighted by Gasteiger charge is 2.15. The highest BCUT2D eigenvalue weighted by molar-refractivity contribution is 14.0. The molecule has 1 saturated heterocycles. The zero-order valence-corrected chi connectivity index (χ0v) is 18.5. The van der Waals surface area contributed by atoms with Crippen molar-refractivity contribution in [1.29, 1.82) is 0 Å². The van der Waals surface area contributed by atoms with Crippen molar-refractivity contribution < 1.29 is 14.3 Å². The Morgan fingerprint density at radius 1 is 1.33 bits per heavy atom. The Labute approximate surface area is 178 Å². The van der Waals surface area contributed by atoms with Gasteiger partial charge in [0.15, 0.2) is 5.96 Å². The lowest BCUT2D eigenvalue weighted by Crippen LogP contribution is -2.39. The fraction of sp³-hybridized carbons (Fsp3) is 0.579. The first-order chi connectivity index (χ1) is 12.7. The van der Waals surface area contributed by atoms with Crippen molar-refractivity contribution >= 4 is 35.8 Å². The molecule has 1 amide bonds. The molecule has 3 N–H and O–H groups in total. The van der Waals surface area contributed by atoms with E-state index in [0.29, 0.717) is 5.56 Å². The van der Waals surface area contributed by atoms with Gasteiger partial charge in [0.1, 0.15) is 0 Å². The molecule has 1 aromatic rings. The van der Waals surface area contributed by atoms with Gasteiger partial charge in [0.05, 0.1) is 12.7 Å². The quantitative estimate of drug-likeness (QED) is 0.212. The van der Waals surface area contributed by atoms with Crippen LogP contribution in [0.2, 0.25) is 0 Å². The Hall–Kier alpha value is -1.39. The van der Waals surface area contributed by atoms with Crippen LogP contribution in [0.3, 0.4) is 0 Å². The fourth-order valence-electron chi connectivity index (χ4n) is 2.73. The van der Waals surface area contributed by atoms with E-state index in [1.54, 1.807) is 14.1 Å². The molecular formula is C19H31IN4O3. The van der Waals surface area contributed by atoms with E-state index in [1.807, 2.05) is 24.3 Å². The monoisotopic (exact) mass is 490 g/mol. The van der Waals surface area contributed by atoms with Gasteiger partial charge in [0.2, 0.25) is 0 Å². The summed E-state index contributed by atoms with van der Waals surface area (Å²) in [5, 5.41) is 9.22. The van der Waals surface area contributed by atoms with E-state index in [0.717, 1.165) is 63.7 Å². The van der Waals surface area contributed by atoms with Crippen molar-refractivity contribution in [1.82, 2.24) is 16.0 Å². The number of amides is 1. The summed E-state index contributed by atoms with van der Waals surface area (Å²) in [6, 6.07) is 7.66. The van der Waals surface area contributed by atoms with Gasteiger partial charge in [-0.05, 0) is 37.0 Å². The van der Waals surface area contributed by atoms with Crippen LogP contribution in [0.25, 0.3) is 0 Å². The number of aliphatic imine (C=N–C) groups is 1. The molecule has 1 aromatic carbocycles. The van der Waals surface area contributed by atoms with Crippen LogP contribution in [0.4, 0.5) is 0 Å². The number of nitrogens with zero attached hydrogens (tertiary/aromatic N) is 1. The highest BCUT2D eigenvalue weighted by atomic mass is 127. The molecule has 152 valence electrons. The van der Waals surface area contributed by atoms with Crippen LogP contribution in [-0.2, 0) is 15.9 Å². The van der Waals surface area contributed by atoms with Crippen LogP contribution in [0.5, 0.6) is 0 Å². The second kappa shape index (κ2) is 13.7. The van der Waals surface area contributed by atoms with Crippen molar-refractivity contribution in [3.63, 3.8) is 0 Å². The summed E-state index contributed by atoms with van der Waals surface area (Å²) in [5.74, 6) is 0.709. The topological polar surface area (TPSA) is 84.0 Å². The van der Waals surface area contributed by atoms with E-state index in [1.165, 1.54) is 0 Å². The van der Waals surface area contributed by atoms with Crippen LogP contribution in [0, 0.1) is 0 Å². The average Bonchev–Trinajstić information content (AvgIpc) is 3.19. The molecule has 2 rings (SSSR count). The zero-order chi connectivity index (χ0) is 18.6. The largest absolute Gasteiger partial charge is 0.379 e. The lowest BCUT2D eigenvalue weighted by atomic mass is 10.1. The maximum absolute atomic E-state index is 11.7. The summed E-state index contributed by atoms with van der Waals surface area (Å²) in [6.45, 7) is 3.81. The Kier molecular flexibility index (Phi) is 12.0. The van der Waals surface area contributed by atoms with Crippen molar-refractivity contribution in [2.75, 3.05) is 47.0 Å². The molecule has 0 saturated carbocycles. The highest BCUT2D eigenvalue weighted by Crippen LogP contribution is 2.08. The summed E-state index contributed by atoms with van der Waals surface area (Å²) >= 11 is 0. The number of halogens is 1. The molecule has 0 radical (unpaired) electrons. The summed E-state index contributed by atoms with van der Waals surface area (Å²) in [6.07, 6.45) is 3.00. The second-order valence-electron chi connectivity index (χ2n) is 6.17. The minimum absolute atomic E-state index is 0. The average molecular weight is 490 g/mol. The van der Waals surface area contributed by atoms with Gasteiger partial charge in [0, 0.05) is 46.0 Å². The van der Waals surface area contributed by atoms with Gasteiger partial charge in [-0.2, -0.15) is 0 Å². The van der Waals surface area contributed by atoms with Gasteiger partial charge < -0.3 is 25.4 Å². The van der Waals surface area contributed by atoms with Gasteiger partial charge in [-0.1, -0.05) is 12.1 Å². The molecule has 1 unspecified atom stereocenters. The van der Waals surface area contributed by atoms with Crippen LogP contribution in [0.15, 0.2) is 29.3 Å². The molecular weight excluding hydrogens is 459 g/mol. The summed E-state index contributed by atoms with van der Waals surface area (Å²) in [7, 11) is 3.40. The third kappa shape index (κ3) is 8.89. The summed E-state index contributed by atoms with van der Waals surface area (Å²) < 4.78 is 11.0. The van der Waals surface area contributed by atoms with Crippen molar-refractivity contribution in [2.45, 2.75) is 25.4 Å². The second-order valence-corrected chi connectivity index (χ2v) is 6.17. The molecule has 0 aromatic heterocycles. The number of carbonyl (C=O) groups is 1. The zero-order valence-electron chi connectivity index (χ0n) is 16.1. The molecule has 8 heteroatoms. The molecule has 1 aliphatic heterocycles. The lowest BCUT2D eigenvalue weighted by Gasteiger charge is -2.13. The number of hydrogen-bond donors (Lipinski definition) is 3. The van der Waals surface area contributed by atoms with E-state index in [2.05, 4.69) is 20.9 Å². The van der Waals surface area contributed by atoms with Crippen LogP contribution in [0.1, 0.15) is 28.8 Å². The van der Waals surface area contributed by atoms with Crippen molar-refractivity contribution in [3.8, 4) is 0 Å². The van der Waals surface area contributed by atoms with Crippen LogP contribution < -0.4 is 16.0 Å². The Morgan fingerprint density at radius 3 is 2.85 bits per heavy atom. The number of hydrogen-bond acceptors (Lipinski definition) is 4. The standard InChI is InChI=1S/C19H30N4O3.HI/c1-20-18(24)16-6-3-5-15(13-16)7-10-23-19(21-2)22-9-4-11-26-17-8-12-25-14-17;/h3,5-6,13,17H,4,7-12,14H2,1-2H3,(H,20,24)(H2,21,22,23);1H. The van der Waals surface area contributed by atoms with Gasteiger partial charge in [-0.25, -0.2) is 0 Å². The predicted molar refractivity (Wildman–Crippen MR) is 118 cm³/mol. The third-order valence-electron chi connectivity index (χ3n) is 4.20. The first kappa shape index (κ1) is 23.6. The lowest BCUT2D eigenvalue weighted by molar-refractivity contribution is 0.0420. The number of rotatable bonds is 9. The van der Waals surface area contributed by atoms with E-state index < -0.39 is 0 Å².